The normalized spacial score (nSPS) is 13.2. The van der Waals surface area contributed by atoms with E-state index in [2.05, 4.69) is 48.1 Å². The number of rotatable bonds is 4. The number of imidazole rings is 1. The van der Waals surface area contributed by atoms with Crippen LogP contribution in [0.4, 0.5) is 0 Å². The molecule has 0 saturated heterocycles. The summed E-state index contributed by atoms with van der Waals surface area (Å²) in [5.41, 5.74) is 9.39. The van der Waals surface area contributed by atoms with Crippen LogP contribution in [0.1, 0.15) is 31.1 Å². The Morgan fingerprint density at radius 1 is 1.15 bits per heavy atom. The second-order valence-corrected chi connectivity index (χ2v) is 5.59. The van der Waals surface area contributed by atoms with Gasteiger partial charge in [0.25, 0.3) is 0 Å². The number of nitrogens with zero attached hydrogens (tertiary/aromatic N) is 3. The van der Waals surface area contributed by atoms with Crippen molar-refractivity contribution < 1.29 is 0 Å². The molecule has 104 valence electrons. The van der Waals surface area contributed by atoms with Gasteiger partial charge in [-0.25, -0.2) is 4.98 Å². The van der Waals surface area contributed by atoms with Crippen molar-refractivity contribution in [2.45, 2.75) is 26.4 Å². The van der Waals surface area contributed by atoms with Gasteiger partial charge in [-0.15, -0.1) is 0 Å². The van der Waals surface area contributed by atoms with Crippen molar-refractivity contribution in [3.05, 3.63) is 60.3 Å². The van der Waals surface area contributed by atoms with E-state index in [1.54, 1.807) is 0 Å². The van der Waals surface area contributed by atoms with Gasteiger partial charge in [0.05, 0.1) is 12.2 Å². The molecule has 20 heavy (non-hydrogen) atoms. The molecule has 0 aliphatic carbocycles. The fourth-order valence-electron chi connectivity index (χ4n) is 2.39. The molecule has 3 heterocycles. The van der Waals surface area contributed by atoms with E-state index in [-0.39, 0.29) is 6.04 Å². The average Bonchev–Trinajstić information content (AvgIpc) is 3.03. The van der Waals surface area contributed by atoms with Gasteiger partial charge in [0, 0.05) is 30.8 Å². The fourth-order valence-corrected chi connectivity index (χ4v) is 2.39. The van der Waals surface area contributed by atoms with Crippen molar-refractivity contribution in [2.24, 2.45) is 11.7 Å². The molecule has 0 aliphatic rings. The highest BCUT2D eigenvalue weighted by molar-refractivity contribution is 5.39. The van der Waals surface area contributed by atoms with E-state index in [0.29, 0.717) is 5.92 Å². The van der Waals surface area contributed by atoms with Crippen LogP contribution in [0.5, 0.6) is 0 Å². The van der Waals surface area contributed by atoms with Gasteiger partial charge in [0.15, 0.2) is 0 Å². The third kappa shape index (κ3) is 2.47. The van der Waals surface area contributed by atoms with Gasteiger partial charge in [0.1, 0.15) is 5.65 Å². The Morgan fingerprint density at radius 2 is 2.00 bits per heavy atom. The molecule has 0 fully saturated rings. The first-order valence-corrected chi connectivity index (χ1v) is 6.97. The summed E-state index contributed by atoms with van der Waals surface area (Å²) in [6, 6.07) is 8.21. The fraction of sp³-hybridized carbons (Fsp3) is 0.312. The van der Waals surface area contributed by atoms with E-state index in [1.165, 1.54) is 5.56 Å². The lowest BCUT2D eigenvalue weighted by molar-refractivity contribution is 0.513. The lowest BCUT2D eigenvalue weighted by Gasteiger charge is -2.13. The number of aromatic nitrogens is 3. The summed E-state index contributed by atoms with van der Waals surface area (Å²) in [7, 11) is 0. The van der Waals surface area contributed by atoms with E-state index in [4.69, 9.17) is 5.73 Å². The molecule has 4 heteroatoms. The molecule has 3 aromatic rings. The highest BCUT2D eigenvalue weighted by atomic mass is 15.0. The van der Waals surface area contributed by atoms with Crippen molar-refractivity contribution in [1.29, 1.82) is 0 Å². The zero-order valence-corrected chi connectivity index (χ0v) is 11.9. The molecule has 0 saturated carbocycles. The van der Waals surface area contributed by atoms with Crippen LogP contribution in [-0.4, -0.2) is 14.0 Å². The number of nitrogens with two attached hydrogens (primary N) is 1. The standard InChI is InChI=1S/C16H20N4/c1-12(2)16(17)13-6-8-19(9-13)10-14-11-20-7-4-3-5-15(20)18-14/h3-9,11-12,16H,10,17H2,1-2H3. The van der Waals surface area contributed by atoms with Crippen molar-refractivity contribution in [3.63, 3.8) is 0 Å². The molecule has 0 spiro atoms. The minimum absolute atomic E-state index is 0.0947. The van der Waals surface area contributed by atoms with E-state index in [1.807, 2.05) is 28.8 Å². The summed E-state index contributed by atoms with van der Waals surface area (Å²) in [5.74, 6) is 0.445. The van der Waals surface area contributed by atoms with Gasteiger partial charge in [-0.3, -0.25) is 0 Å². The molecule has 3 rings (SSSR count). The molecule has 4 nitrogen and oxygen atoms in total. The summed E-state index contributed by atoms with van der Waals surface area (Å²) >= 11 is 0. The average molecular weight is 268 g/mol. The topological polar surface area (TPSA) is 48.2 Å². The Balaban J connectivity index is 1.81. The molecular weight excluding hydrogens is 248 g/mol. The van der Waals surface area contributed by atoms with Crippen molar-refractivity contribution in [1.82, 2.24) is 14.0 Å². The Hall–Kier alpha value is -2.07. The third-order valence-electron chi connectivity index (χ3n) is 3.63. The quantitative estimate of drug-likeness (QED) is 0.791. The molecule has 0 amide bonds. The first-order valence-electron chi connectivity index (χ1n) is 6.97. The van der Waals surface area contributed by atoms with Crippen molar-refractivity contribution in [2.75, 3.05) is 0 Å². The maximum absolute atomic E-state index is 6.17. The van der Waals surface area contributed by atoms with Gasteiger partial charge in [-0.2, -0.15) is 0 Å². The Labute approximate surface area is 118 Å². The minimum Gasteiger partial charge on any atom is -0.348 e. The summed E-state index contributed by atoms with van der Waals surface area (Å²) in [4.78, 5) is 4.61. The van der Waals surface area contributed by atoms with Gasteiger partial charge in [-0.1, -0.05) is 19.9 Å². The Bertz CT molecular complexity index is 675. The van der Waals surface area contributed by atoms with Crippen LogP contribution < -0.4 is 5.73 Å². The summed E-state index contributed by atoms with van der Waals surface area (Å²) in [6.07, 6.45) is 8.27. The van der Waals surface area contributed by atoms with E-state index in [0.717, 1.165) is 17.9 Å². The Morgan fingerprint density at radius 3 is 2.75 bits per heavy atom. The van der Waals surface area contributed by atoms with Gasteiger partial charge in [0.2, 0.25) is 0 Å². The highest BCUT2D eigenvalue weighted by Gasteiger charge is 2.12. The zero-order chi connectivity index (χ0) is 14.1. The summed E-state index contributed by atoms with van der Waals surface area (Å²) in [5, 5.41) is 0. The largest absolute Gasteiger partial charge is 0.348 e. The molecular formula is C16H20N4. The van der Waals surface area contributed by atoms with Gasteiger partial charge >= 0.3 is 0 Å². The van der Waals surface area contributed by atoms with Gasteiger partial charge in [-0.05, 0) is 29.7 Å². The SMILES string of the molecule is CC(C)C(N)c1ccn(Cc2cn3ccccc3n2)c1. The monoisotopic (exact) mass is 268 g/mol. The first-order chi connectivity index (χ1) is 9.63. The lowest BCUT2D eigenvalue weighted by Crippen LogP contribution is -2.15. The van der Waals surface area contributed by atoms with Crippen LogP contribution in [0.15, 0.2) is 49.1 Å². The molecule has 1 unspecified atom stereocenters. The summed E-state index contributed by atoms with van der Waals surface area (Å²) in [6.45, 7) is 5.06. The van der Waals surface area contributed by atoms with Crippen molar-refractivity contribution in [3.8, 4) is 0 Å². The number of pyridine rings is 1. The maximum Gasteiger partial charge on any atom is 0.137 e. The van der Waals surface area contributed by atoms with E-state index in [9.17, 15) is 0 Å². The molecule has 0 bridgehead atoms. The molecule has 2 N–H and O–H groups in total. The van der Waals surface area contributed by atoms with Crippen LogP contribution in [0.2, 0.25) is 0 Å². The number of hydrogen-bond donors (Lipinski definition) is 1. The van der Waals surface area contributed by atoms with Crippen LogP contribution in [0, 0.1) is 5.92 Å². The predicted molar refractivity (Wildman–Crippen MR) is 80.5 cm³/mol. The van der Waals surface area contributed by atoms with Crippen molar-refractivity contribution >= 4 is 5.65 Å². The van der Waals surface area contributed by atoms with Crippen LogP contribution >= 0.6 is 0 Å². The molecule has 0 radical (unpaired) electrons. The summed E-state index contributed by atoms with van der Waals surface area (Å²) < 4.78 is 4.18. The number of hydrogen-bond acceptors (Lipinski definition) is 2. The first kappa shape index (κ1) is 12.9. The second-order valence-electron chi connectivity index (χ2n) is 5.59. The third-order valence-corrected chi connectivity index (χ3v) is 3.63. The highest BCUT2D eigenvalue weighted by Crippen LogP contribution is 2.19. The second kappa shape index (κ2) is 5.13. The van der Waals surface area contributed by atoms with Gasteiger partial charge < -0.3 is 14.7 Å². The Kier molecular flexibility index (Phi) is 3.32. The predicted octanol–water partition coefficient (Wildman–Crippen LogP) is 2.84. The lowest BCUT2D eigenvalue weighted by atomic mass is 10.00. The maximum atomic E-state index is 6.17. The smallest absolute Gasteiger partial charge is 0.137 e. The van der Waals surface area contributed by atoms with E-state index < -0.39 is 0 Å². The van der Waals surface area contributed by atoms with Crippen LogP contribution in [0.3, 0.4) is 0 Å². The molecule has 0 aromatic carbocycles. The molecule has 0 aliphatic heterocycles. The number of fused-ring (bicyclic) bond motifs is 1. The zero-order valence-electron chi connectivity index (χ0n) is 11.9. The van der Waals surface area contributed by atoms with Crippen LogP contribution in [-0.2, 0) is 6.54 Å². The van der Waals surface area contributed by atoms with Crippen LogP contribution in [0.25, 0.3) is 5.65 Å². The molecule has 1 atom stereocenters. The molecule has 3 aromatic heterocycles. The minimum atomic E-state index is 0.0947. The van der Waals surface area contributed by atoms with E-state index >= 15 is 0 Å².